The van der Waals surface area contributed by atoms with E-state index in [1.54, 1.807) is 0 Å². The molecule has 4 aliphatic rings. The van der Waals surface area contributed by atoms with Crippen molar-refractivity contribution >= 4 is 66.6 Å². The van der Waals surface area contributed by atoms with Gasteiger partial charge in [-0.1, -0.05) is 198 Å². The third kappa shape index (κ3) is 4.77. The number of fused-ring (bicyclic) bond motifs is 13. The maximum absolute atomic E-state index is 2.79. The normalized spacial score (nSPS) is 14.5. The third-order valence-corrected chi connectivity index (χ3v) is 18.3. The van der Waals surface area contributed by atoms with Crippen LogP contribution in [-0.4, -0.2) is 15.8 Å². The Balaban J connectivity index is 1.22. The lowest BCUT2D eigenvalue weighted by atomic mass is 9.33. The fourth-order valence-corrected chi connectivity index (χ4v) is 13.9. The molecule has 0 fully saturated rings. The number of rotatable bonds is 6. The summed E-state index contributed by atoms with van der Waals surface area (Å²) in [5.41, 5.74) is 29.0. The molecule has 0 N–H and O–H groups in total. The van der Waals surface area contributed by atoms with Crippen LogP contribution in [0.2, 0.25) is 0 Å². The Morgan fingerprint density at radius 3 is 1.71 bits per heavy atom. The van der Waals surface area contributed by atoms with Crippen LogP contribution in [-0.2, 0) is 16.2 Å². The quantitative estimate of drug-likeness (QED) is 0.147. The Hall–Kier alpha value is -7.36. The zero-order chi connectivity index (χ0) is 47.3. The maximum atomic E-state index is 2.79. The summed E-state index contributed by atoms with van der Waals surface area (Å²) in [6.07, 6.45) is 2.10. The minimum absolute atomic E-state index is 0.0137. The summed E-state index contributed by atoms with van der Waals surface area (Å²) in [7, 11) is 0. The molecule has 70 heavy (non-hydrogen) atoms. The van der Waals surface area contributed by atoms with E-state index in [0.717, 1.165) is 12.8 Å². The molecular formula is C67H55BN2. The Morgan fingerprint density at radius 2 is 1.06 bits per heavy atom. The highest BCUT2D eigenvalue weighted by Gasteiger charge is 2.55. The first-order chi connectivity index (χ1) is 34.0. The molecule has 1 aliphatic carbocycles. The SMILES string of the molecule is CCC(C)(C)c1cc2c3c(c1)c1cc(C(C)(C)CC)cc4c1n3-c1c(ccc3c1B2c1cc2ccccc2c2c(-c5ccc(C)cc5)c(-c5ccc(C)cc5)n-3c12)C41c2ccccc2-c2ccccc21. The molecule has 0 atom stereocenters. The monoisotopic (exact) mass is 898 g/mol. The average Bonchev–Trinajstić information content (AvgIpc) is 4.02. The summed E-state index contributed by atoms with van der Waals surface area (Å²) < 4.78 is 5.51. The molecule has 2 aromatic heterocycles. The Morgan fingerprint density at radius 1 is 0.486 bits per heavy atom. The van der Waals surface area contributed by atoms with Crippen molar-refractivity contribution in [2.45, 2.75) is 84.5 Å². The van der Waals surface area contributed by atoms with Gasteiger partial charge in [-0.2, -0.15) is 0 Å². The second-order valence-corrected chi connectivity index (χ2v) is 22.6. The molecule has 0 radical (unpaired) electrons. The van der Waals surface area contributed by atoms with Gasteiger partial charge < -0.3 is 9.13 Å². The summed E-state index contributed by atoms with van der Waals surface area (Å²) in [6, 6.07) is 64.8. The van der Waals surface area contributed by atoms with Crippen LogP contribution in [0.4, 0.5) is 0 Å². The van der Waals surface area contributed by atoms with Crippen molar-refractivity contribution in [2.75, 3.05) is 0 Å². The standard InChI is InChI=1S/C67H55BN2/c1-9-65(5,6)43-34-48-49-35-44(66(7,8)10-2)37-55-62(49)70-61(48)53(36-43)67(50-21-15-13-19-46(50)47-20-14-16-22-51(47)67)52-31-32-56-59(63(52)70)68(55)54-33-42-17-11-12-18-45(42)58-57(40-27-23-38(3)24-28-40)60(69(56)64(54)58)41-29-25-39(4)26-30-41/h11-37H,9-10H2,1-8H3. The molecule has 1 spiro atoms. The van der Waals surface area contributed by atoms with E-state index in [9.17, 15) is 0 Å². The number of aromatic nitrogens is 2. The predicted molar refractivity (Wildman–Crippen MR) is 298 cm³/mol. The van der Waals surface area contributed by atoms with E-state index in [-0.39, 0.29) is 17.5 Å². The van der Waals surface area contributed by atoms with Crippen molar-refractivity contribution in [3.05, 3.63) is 208 Å². The summed E-state index contributed by atoms with van der Waals surface area (Å²) in [4.78, 5) is 0. The highest BCUT2D eigenvalue weighted by Crippen LogP contribution is 2.62. The van der Waals surface area contributed by atoms with Crippen LogP contribution in [0.1, 0.15) is 98.9 Å². The van der Waals surface area contributed by atoms with Gasteiger partial charge >= 0.3 is 0 Å². The van der Waals surface area contributed by atoms with E-state index in [2.05, 4.69) is 228 Å². The van der Waals surface area contributed by atoms with Crippen LogP contribution >= 0.6 is 0 Å². The van der Waals surface area contributed by atoms with Crippen LogP contribution < -0.4 is 16.4 Å². The number of hydrogen-bond acceptors (Lipinski definition) is 0. The Labute approximate surface area is 411 Å². The van der Waals surface area contributed by atoms with Crippen LogP contribution in [0.3, 0.4) is 0 Å². The molecule has 5 heterocycles. The summed E-state index contributed by atoms with van der Waals surface area (Å²) in [5, 5.41) is 6.70. The minimum atomic E-state index is -0.546. The molecule has 15 rings (SSSR count). The molecule has 0 unspecified atom stereocenters. The van der Waals surface area contributed by atoms with Gasteiger partial charge in [-0.3, -0.25) is 0 Å². The van der Waals surface area contributed by atoms with Gasteiger partial charge in [0.15, 0.2) is 0 Å². The molecule has 3 aliphatic heterocycles. The Bertz CT molecular complexity index is 4110. The van der Waals surface area contributed by atoms with E-state index in [0.29, 0.717) is 0 Å². The minimum Gasteiger partial charge on any atom is -0.310 e. The number of aryl methyl sites for hydroxylation is 2. The van der Waals surface area contributed by atoms with Crippen molar-refractivity contribution in [3.63, 3.8) is 0 Å². The highest BCUT2D eigenvalue weighted by atomic mass is 15.1. The molecule has 0 saturated heterocycles. The summed E-state index contributed by atoms with van der Waals surface area (Å²) >= 11 is 0. The van der Waals surface area contributed by atoms with Crippen molar-refractivity contribution in [1.82, 2.24) is 9.13 Å². The van der Waals surface area contributed by atoms with Crippen molar-refractivity contribution < 1.29 is 0 Å². The van der Waals surface area contributed by atoms with E-state index in [1.807, 2.05) is 0 Å². The molecule has 0 bridgehead atoms. The van der Waals surface area contributed by atoms with Gasteiger partial charge in [0.1, 0.15) is 0 Å². The van der Waals surface area contributed by atoms with Crippen molar-refractivity contribution in [3.8, 4) is 44.9 Å². The molecular weight excluding hydrogens is 844 g/mol. The molecule has 336 valence electrons. The van der Waals surface area contributed by atoms with Gasteiger partial charge in [0.05, 0.1) is 22.1 Å². The molecule has 0 amide bonds. The summed E-state index contributed by atoms with van der Waals surface area (Å²) in [6.45, 7) is 18.9. The first-order valence-electron chi connectivity index (χ1n) is 25.8. The predicted octanol–water partition coefficient (Wildman–Crippen LogP) is 15.0. The van der Waals surface area contributed by atoms with Gasteiger partial charge in [-0.05, 0) is 139 Å². The zero-order valence-electron chi connectivity index (χ0n) is 41.5. The average molecular weight is 899 g/mol. The van der Waals surface area contributed by atoms with E-state index >= 15 is 0 Å². The Kier molecular flexibility index (Phi) is 7.81. The van der Waals surface area contributed by atoms with Crippen LogP contribution in [0, 0.1) is 13.8 Å². The van der Waals surface area contributed by atoms with Gasteiger partial charge in [-0.15, -0.1) is 0 Å². The smallest absolute Gasteiger partial charge is 0.252 e. The van der Waals surface area contributed by atoms with Gasteiger partial charge in [0.25, 0.3) is 6.71 Å². The molecule has 3 heteroatoms. The molecule has 0 saturated carbocycles. The van der Waals surface area contributed by atoms with Gasteiger partial charge in [-0.25, -0.2) is 0 Å². The van der Waals surface area contributed by atoms with Gasteiger partial charge in [0.2, 0.25) is 0 Å². The first kappa shape index (κ1) is 40.5. The maximum Gasteiger partial charge on any atom is 0.252 e. The largest absolute Gasteiger partial charge is 0.310 e. The first-order valence-corrected chi connectivity index (χ1v) is 25.8. The molecule has 9 aromatic carbocycles. The van der Waals surface area contributed by atoms with Crippen LogP contribution in [0.5, 0.6) is 0 Å². The van der Waals surface area contributed by atoms with E-state index < -0.39 is 5.41 Å². The summed E-state index contributed by atoms with van der Waals surface area (Å²) in [5.74, 6) is 0. The second kappa shape index (κ2) is 13.5. The van der Waals surface area contributed by atoms with Gasteiger partial charge in [0, 0.05) is 38.6 Å². The third-order valence-electron chi connectivity index (χ3n) is 18.3. The van der Waals surface area contributed by atoms with Crippen LogP contribution in [0.15, 0.2) is 164 Å². The number of benzene rings is 9. The van der Waals surface area contributed by atoms with Crippen LogP contribution in [0.25, 0.3) is 88.4 Å². The fourth-order valence-electron chi connectivity index (χ4n) is 13.9. The van der Waals surface area contributed by atoms with E-state index in [1.165, 1.54) is 149 Å². The number of hydrogen-bond donors (Lipinski definition) is 0. The molecule has 11 aromatic rings. The van der Waals surface area contributed by atoms with E-state index in [4.69, 9.17) is 0 Å². The lowest BCUT2D eigenvalue weighted by Gasteiger charge is -2.44. The fraction of sp³-hybridized carbons (Fsp3) is 0.194. The zero-order valence-corrected chi connectivity index (χ0v) is 41.5. The van der Waals surface area contributed by atoms with Crippen molar-refractivity contribution in [2.24, 2.45) is 0 Å². The molecule has 2 nitrogen and oxygen atoms in total. The lowest BCUT2D eigenvalue weighted by molar-refractivity contribution is 0.505. The highest BCUT2D eigenvalue weighted by molar-refractivity contribution is 7.00. The second-order valence-electron chi connectivity index (χ2n) is 22.6. The topological polar surface area (TPSA) is 9.86 Å². The number of nitrogens with zero attached hydrogens (tertiary/aromatic N) is 2. The lowest BCUT2D eigenvalue weighted by Crippen LogP contribution is -2.60. The van der Waals surface area contributed by atoms with Crippen molar-refractivity contribution in [1.29, 1.82) is 0 Å².